The van der Waals surface area contributed by atoms with Gasteiger partial charge in [-0.25, -0.2) is 4.98 Å². The third-order valence-electron chi connectivity index (χ3n) is 2.00. The Morgan fingerprint density at radius 1 is 1.06 bits per heavy atom. The lowest BCUT2D eigenvalue weighted by molar-refractivity contribution is 0.0914. The summed E-state index contributed by atoms with van der Waals surface area (Å²) >= 11 is 0. The Morgan fingerprint density at radius 3 is 2.06 bits per heavy atom. The van der Waals surface area contributed by atoms with Gasteiger partial charge in [0.2, 0.25) is 0 Å². The van der Waals surface area contributed by atoms with Gasteiger partial charge < -0.3 is 10.6 Å². The third-order valence-corrected chi connectivity index (χ3v) is 2.00. The van der Waals surface area contributed by atoms with E-state index in [1.54, 1.807) is 12.3 Å². The van der Waals surface area contributed by atoms with Crippen LogP contribution in [0.5, 0.6) is 0 Å². The summed E-state index contributed by atoms with van der Waals surface area (Å²) in [5.41, 5.74) is 1.08. The van der Waals surface area contributed by atoms with Gasteiger partial charge in [0.1, 0.15) is 5.69 Å². The average Bonchev–Trinajstić information content (AvgIpc) is 2.13. The van der Waals surface area contributed by atoms with E-state index in [0.717, 1.165) is 5.69 Å². The lowest BCUT2D eigenvalue weighted by atomic mass is 10.1. The second-order valence-corrected chi connectivity index (χ2v) is 6.51. The summed E-state index contributed by atoms with van der Waals surface area (Å²) in [5.74, 6) is -0.148. The molecule has 0 radical (unpaired) electrons. The normalized spacial score (nSPS) is 12.1. The molecule has 4 heteroatoms. The first-order valence-electron chi connectivity index (χ1n) is 6.14. The predicted molar refractivity (Wildman–Crippen MR) is 74.8 cm³/mol. The highest BCUT2D eigenvalue weighted by molar-refractivity contribution is 5.92. The molecule has 100 valence electrons. The van der Waals surface area contributed by atoms with Crippen LogP contribution >= 0.6 is 0 Å². The van der Waals surface area contributed by atoms with Gasteiger partial charge in [0.15, 0.2) is 0 Å². The SMILES string of the molecule is CC(C)(C)NC(=O)c1ccc(NC(C)(C)C)cn1. The Kier molecular flexibility index (Phi) is 3.99. The second kappa shape index (κ2) is 4.96. The van der Waals surface area contributed by atoms with Crippen molar-refractivity contribution in [3.8, 4) is 0 Å². The zero-order chi connectivity index (χ0) is 14.0. The van der Waals surface area contributed by atoms with Gasteiger partial charge in [-0.2, -0.15) is 0 Å². The van der Waals surface area contributed by atoms with Gasteiger partial charge in [-0.15, -0.1) is 0 Å². The number of nitrogens with zero attached hydrogens (tertiary/aromatic N) is 1. The van der Waals surface area contributed by atoms with Crippen molar-refractivity contribution in [1.82, 2.24) is 10.3 Å². The highest BCUT2D eigenvalue weighted by atomic mass is 16.2. The van der Waals surface area contributed by atoms with Gasteiger partial charge in [0.05, 0.1) is 11.9 Å². The lowest BCUT2D eigenvalue weighted by Crippen LogP contribution is -2.40. The summed E-state index contributed by atoms with van der Waals surface area (Å²) < 4.78 is 0. The van der Waals surface area contributed by atoms with Crippen LogP contribution in [0.3, 0.4) is 0 Å². The lowest BCUT2D eigenvalue weighted by Gasteiger charge is -2.22. The molecule has 0 unspecified atom stereocenters. The summed E-state index contributed by atoms with van der Waals surface area (Å²) in [7, 11) is 0. The molecule has 2 N–H and O–H groups in total. The topological polar surface area (TPSA) is 54.0 Å². The van der Waals surface area contributed by atoms with Crippen molar-refractivity contribution in [2.45, 2.75) is 52.6 Å². The van der Waals surface area contributed by atoms with Crippen LogP contribution in [-0.4, -0.2) is 22.0 Å². The summed E-state index contributed by atoms with van der Waals surface area (Å²) in [6.07, 6.45) is 1.68. The number of carbonyl (C=O) groups excluding carboxylic acids is 1. The molecule has 1 aromatic rings. The largest absolute Gasteiger partial charge is 0.379 e. The van der Waals surface area contributed by atoms with Crippen LogP contribution in [-0.2, 0) is 0 Å². The Morgan fingerprint density at radius 2 is 1.67 bits per heavy atom. The van der Waals surface area contributed by atoms with Gasteiger partial charge in [0.25, 0.3) is 5.91 Å². The highest BCUT2D eigenvalue weighted by Crippen LogP contribution is 2.13. The maximum atomic E-state index is 11.9. The van der Waals surface area contributed by atoms with Crippen LogP contribution in [0.4, 0.5) is 5.69 Å². The number of hydrogen-bond donors (Lipinski definition) is 2. The molecule has 0 aliphatic rings. The predicted octanol–water partition coefficient (Wildman–Crippen LogP) is 2.82. The van der Waals surface area contributed by atoms with E-state index >= 15 is 0 Å². The zero-order valence-electron chi connectivity index (χ0n) is 12.1. The third kappa shape index (κ3) is 5.17. The number of pyridine rings is 1. The van der Waals surface area contributed by atoms with Crippen molar-refractivity contribution in [2.75, 3.05) is 5.32 Å². The molecule has 4 nitrogen and oxygen atoms in total. The van der Waals surface area contributed by atoms with Crippen molar-refractivity contribution in [1.29, 1.82) is 0 Å². The fourth-order valence-corrected chi connectivity index (χ4v) is 1.44. The van der Waals surface area contributed by atoms with Crippen molar-refractivity contribution >= 4 is 11.6 Å². The molecule has 1 aromatic heterocycles. The summed E-state index contributed by atoms with van der Waals surface area (Å²) in [5, 5.41) is 6.18. The summed E-state index contributed by atoms with van der Waals surface area (Å²) in [4.78, 5) is 16.0. The molecule has 0 saturated carbocycles. The molecule has 0 aliphatic carbocycles. The van der Waals surface area contributed by atoms with Crippen molar-refractivity contribution < 1.29 is 4.79 Å². The number of aromatic nitrogens is 1. The maximum Gasteiger partial charge on any atom is 0.270 e. The number of carbonyl (C=O) groups is 1. The van der Waals surface area contributed by atoms with Gasteiger partial charge in [-0.3, -0.25) is 4.79 Å². The van der Waals surface area contributed by atoms with Crippen molar-refractivity contribution in [3.63, 3.8) is 0 Å². The first-order chi connectivity index (χ1) is 8.07. The van der Waals surface area contributed by atoms with Crippen LogP contribution in [0, 0.1) is 0 Å². The molecule has 0 saturated heterocycles. The van der Waals surface area contributed by atoms with Crippen LogP contribution in [0.25, 0.3) is 0 Å². The van der Waals surface area contributed by atoms with Gasteiger partial charge in [-0.05, 0) is 53.7 Å². The average molecular weight is 249 g/mol. The van der Waals surface area contributed by atoms with Crippen LogP contribution in [0.2, 0.25) is 0 Å². The molecule has 0 atom stereocenters. The molecule has 1 heterocycles. The van der Waals surface area contributed by atoms with E-state index < -0.39 is 0 Å². The molecular weight excluding hydrogens is 226 g/mol. The van der Waals surface area contributed by atoms with E-state index in [0.29, 0.717) is 5.69 Å². The molecular formula is C14H23N3O. The van der Waals surface area contributed by atoms with E-state index in [2.05, 4.69) is 36.4 Å². The molecule has 0 bridgehead atoms. The molecule has 1 amide bonds. The van der Waals surface area contributed by atoms with Gasteiger partial charge in [-0.1, -0.05) is 0 Å². The van der Waals surface area contributed by atoms with Gasteiger partial charge in [0, 0.05) is 11.1 Å². The highest BCUT2D eigenvalue weighted by Gasteiger charge is 2.16. The molecule has 1 rings (SSSR count). The smallest absolute Gasteiger partial charge is 0.270 e. The molecule has 18 heavy (non-hydrogen) atoms. The first-order valence-corrected chi connectivity index (χ1v) is 6.14. The van der Waals surface area contributed by atoms with E-state index in [9.17, 15) is 4.79 Å². The number of amides is 1. The van der Waals surface area contributed by atoms with Crippen LogP contribution < -0.4 is 10.6 Å². The quantitative estimate of drug-likeness (QED) is 0.847. The number of hydrogen-bond acceptors (Lipinski definition) is 3. The second-order valence-electron chi connectivity index (χ2n) is 6.51. The van der Waals surface area contributed by atoms with Crippen LogP contribution in [0.15, 0.2) is 18.3 Å². The van der Waals surface area contributed by atoms with E-state index in [4.69, 9.17) is 0 Å². The van der Waals surface area contributed by atoms with Crippen molar-refractivity contribution in [3.05, 3.63) is 24.0 Å². The van der Waals surface area contributed by atoms with E-state index in [1.165, 1.54) is 0 Å². The monoisotopic (exact) mass is 249 g/mol. The zero-order valence-corrected chi connectivity index (χ0v) is 12.1. The summed E-state index contributed by atoms with van der Waals surface area (Å²) in [6, 6.07) is 3.60. The number of nitrogens with one attached hydrogen (secondary N) is 2. The van der Waals surface area contributed by atoms with E-state index in [-0.39, 0.29) is 17.0 Å². The Balaban J connectivity index is 2.74. The molecule has 0 fully saturated rings. The molecule has 0 aliphatic heterocycles. The van der Waals surface area contributed by atoms with E-state index in [1.807, 2.05) is 26.8 Å². The number of anilines is 1. The van der Waals surface area contributed by atoms with Gasteiger partial charge >= 0.3 is 0 Å². The first kappa shape index (κ1) is 14.5. The fraction of sp³-hybridized carbons (Fsp3) is 0.571. The molecule has 0 spiro atoms. The minimum Gasteiger partial charge on any atom is -0.379 e. The summed E-state index contributed by atoms with van der Waals surface area (Å²) in [6.45, 7) is 12.1. The fourth-order valence-electron chi connectivity index (χ4n) is 1.44. The Hall–Kier alpha value is -1.58. The Labute approximate surface area is 109 Å². The minimum atomic E-state index is -0.249. The number of rotatable bonds is 2. The standard InChI is InChI=1S/C14H23N3O/c1-13(2,3)16-10-7-8-11(15-9-10)12(18)17-14(4,5)6/h7-9,16H,1-6H3,(H,17,18). The minimum absolute atomic E-state index is 0.0170. The molecule has 0 aromatic carbocycles. The Bertz CT molecular complexity index is 410. The van der Waals surface area contributed by atoms with Crippen LogP contribution in [0.1, 0.15) is 52.0 Å². The van der Waals surface area contributed by atoms with Crippen molar-refractivity contribution in [2.24, 2.45) is 0 Å². The maximum absolute atomic E-state index is 11.9.